The van der Waals surface area contributed by atoms with Crippen LogP contribution in [0.3, 0.4) is 0 Å². The Hall–Kier alpha value is 2.46. The van der Waals surface area contributed by atoms with Gasteiger partial charge in [0.05, 0.1) is 13.2 Å². The molecule has 0 saturated heterocycles. The summed E-state index contributed by atoms with van der Waals surface area (Å²) in [7, 11) is 0. The molecule has 2 unspecified atom stereocenters. The van der Waals surface area contributed by atoms with E-state index in [9.17, 15) is 9.79 Å². The van der Waals surface area contributed by atoms with Crippen LogP contribution in [0.25, 0.3) is 0 Å². The summed E-state index contributed by atoms with van der Waals surface area (Å²) in [5, 5.41) is 0.546. The quantitative estimate of drug-likeness (QED) is 0.201. The number of hydrogen-bond donors (Lipinski definition) is 0. The molecule has 148 valence electrons. The molecule has 0 bridgehead atoms. The predicted molar refractivity (Wildman–Crippen MR) is 116 cm³/mol. The third kappa shape index (κ3) is 26.5. The van der Waals surface area contributed by atoms with Crippen LogP contribution in [-0.4, -0.2) is 23.7 Å². The Bertz CT molecular complexity index is 365. The van der Waals surface area contributed by atoms with E-state index in [2.05, 4.69) is 13.8 Å². The summed E-state index contributed by atoms with van der Waals surface area (Å²) >= 11 is 12.2. The van der Waals surface area contributed by atoms with E-state index in [1.807, 2.05) is 27.7 Å². The van der Waals surface area contributed by atoms with Crippen molar-refractivity contribution >= 4 is 57.8 Å². The molecular weight excluding hydrogens is 488 g/mol. The van der Waals surface area contributed by atoms with Crippen LogP contribution in [0, 0.1) is 0 Å². The van der Waals surface area contributed by atoms with Gasteiger partial charge in [0, 0.05) is 21.9 Å². The third-order valence-electron chi connectivity index (χ3n) is 2.17. The first-order chi connectivity index (χ1) is 11.0. The second kappa shape index (κ2) is 18.5. The molecule has 0 N–H and O–H groups in total. The number of unbranched alkanes of at least 4 members (excludes halogenated alkanes) is 2. The molecule has 25 heavy (non-hydrogen) atoms. The van der Waals surface area contributed by atoms with Gasteiger partial charge >= 0.3 is 19.5 Å². The van der Waals surface area contributed by atoms with Crippen molar-refractivity contribution in [2.45, 2.75) is 77.7 Å². The minimum atomic E-state index is -2.78. The molecule has 0 aliphatic rings. The van der Waals surface area contributed by atoms with Crippen molar-refractivity contribution < 1.29 is 38.3 Å². The van der Waals surface area contributed by atoms with Gasteiger partial charge < -0.3 is 18.8 Å². The third-order valence-corrected chi connectivity index (χ3v) is 11.4. The van der Waals surface area contributed by atoms with Gasteiger partial charge in [0.15, 0.2) is 0 Å². The molecule has 4 nitrogen and oxygen atoms in total. The molecule has 0 rings (SSSR count). The van der Waals surface area contributed by atoms with E-state index < -0.39 is 11.4 Å². The van der Waals surface area contributed by atoms with E-state index in [1.54, 1.807) is 0 Å². The summed E-state index contributed by atoms with van der Waals surface area (Å²) in [5.41, 5.74) is -5.56. The van der Waals surface area contributed by atoms with Gasteiger partial charge in [-0.25, -0.2) is 0 Å². The normalized spacial score (nSPS) is 15.8. The summed E-state index contributed by atoms with van der Waals surface area (Å²) < 4.78 is 10.2. The first-order valence-electron chi connectivity index (χ1n) is 8.23. The topological polar surface area (TPSA) is 64.6 Å². The summed E-state index contributed by atoms with van der Waals surface area (Å²) in [6, 6.07) is 0. The Morgan fingerprint density at radius 1 is 0.800 bits per heavy atom. The standard InChI is InChI=1S/2C7H17O2PS2.Zn/c2*1-4-5-6-9-10(8,11)12-7(2)3;/h2*7H,4-6H2,1-3H3,(H,8,11);/q;;+2/p-2. The molecule has 0 heterocycles. The fourth-order valence-electron chi connectivity index (χ4n) is 1.22. The summed E-state index contributed by atoms with van der Waals surface area (Å²) in [6.45, 7) is 13.0. The largest absolute Gasteiger partial charge is 2.00 e. The van der Waals surface area contributed by atoms with Crippen molar-refractivity contribution in [2.24, 2.45) is 0 Å². The van der Waals surface area contributed by atoms with Crippen LogP contribution in [0.4, 0.5) is 0 Å². The Morgan fingerprint density at radius 3 is 1.28 bits per heavy atom. The van der Waals surface area contributed by atoms with Crippen LogP contribution in [-0.2, 0) is 52.1 Å². The minimum Gasteiger partial charge on any atom is -0.793 e. The fourth-order valence-corrected chi connectivity index (χ4v) is 10.5. The molecule has 0 aliphatic heterocycles. The molecule has 0 aromatic heterocycles. The van der Waals surface area contributed by atoms with Gasteiger partial charge in [0.25, 0.3) is 0 Å². The van der Waals surface area contributed by atoms with Gasteiger partial charge in [0.1, 0.15) is 0 Å². The van der Waals surface area contributed by atoms with Crippen LogP contribution in [0.2, 0.25) is 0 Å². The average Bonchev–Trinajstić information content (AvgIpc) is 2.36. The van der Waals surface area contributed by atoms with Gasteiger partial charge in [-0.3, -0.25) is 0 Å². The maximum absolute atomic E-state index is 11.5. The van der Waals surface area contributed by atoms with Crippen LogP contribution >= 0.6 is 34.2 Å². The van der Waals surface area contributed by atoms with Crippen LogP contribution in [0.5, 0.6) is 0 Å². The molecule has 0 amide bonds. The van der Waals surface area contributed by atoms with E-state index in [1.165, 1.54) is 22.8 Å². The fraction of sp³-hybridized carbons (Fsp3) is 1.00. The van der Waals surface area contributed by atoms with Gasteiger partial charge in [-0.15, -0.1) is 22.8 Å². The molecule has 0 aliphatic carbocycles. The summed E-state index contributed by atoms with van der Waals surface area (Å²) in [4.78, 5) is 22.9. The molecule has 0 radical (unpaired) electrons. The average molecular weight is 520 g/mol. The second-order valence-electron chi connectivity index (χ2n) is 5.58. The van der Waals surface area contributed by atoms with E-state index in [-0.39, 0.29) is 30.0 Å². The molecule has 0 spiro atoms. The number of hydrogen-bond acceptors (Lipinski definition) is 8. The first kappa shape index (κ1) is 32.1. The molecule has 0 aromatic carbocycles. The zero-order chi connectivity index (χ0) is 19.2. The predicted octanol–water partition coefficient (Wildman–Crippen LogP) is 5.06. The maximum Gasteiger partial charge on any atom is 2.00 e. The molecule has 11 heteroatoms. The molecular formula is C14H32O4P2S4Zn. The zero-order valence-electron chi connectivity index (χ0n) is 16.3. The Balaban J connectivity index is -0.000000372. The van der Waals surface area contributed by atoms with Gasteiger partial charge in [0.2, 0.25) is 0 Å². The SMILES string of the molecule is CCCCOP([O-])(=S)SC(C)C.CCCCOP([O-])(=S)SC(C)C.[Zn+2]. The van der Waals surface area contributed by atoms with Crippen molar-refractivity contribution in [1.82, 2.24) is 0 Å². The van der Waals surface area contributed by atoms with Crippen LogP contribution < -0.4 is 9.79 Å². The Labute approximate surface area is 186 Å². The monoisotopic (exact) mass is 518 g/mol. The van der Waals surface area contributed by atoms with Crippen molar-refractivity contribution in [1.29, 1.82) is 0 Å². The zero-order valence-corrected chi connectivity index (χ0v) is 24.3. The van der Waals surface area contributed by atoms with Crippen LogP contribution in [0.15, 0.2) is 0 Å². The summed E-state index contributed by atoms with van der Waals surface area (Å²) in [5.74, 6) is 0. The van der Waals surface area contributed by atoms with E-state index in [0.29, 0.717) is 13.2 Å². The van der Waals surface area contributed by atoms with Crippen molar-refractivity contribution in [3.8, 4) is 0 Å². The molecule has 0 aromatic rings. The van der Waals surface area contributed by atoms with Gasteiger partial charge in [-0.05, 0) is 12.8 Å². The van der Waals surface area contributed by atoms with E-state index in [0.717, 1.165) is 25.7 Å². The smallest absolute Gasteiger partial charge is 0.793 e. The van der Waals surface area contributed by atoms with Crippen molar-refractivity contribution in [3.05, 3.63) is 0 Å². The van der Waals surface area contributed by atoms with Gasteiger partial charge in [-0.1, -0.05) is 78.0 Å². The van der Waals surface area contributed by atoms with E-state index in [4.69, 9.17) is 32.7 Å². The second-order valence-corrected chi connectivity index (χ2v) is 18.6. The molecule has 2 atom stereocenters. The molecule has 0 fully saturated rings. The van der Waals surface area contributed by atoms with E-state index >= 15 is 0 Å². The number of rotatable bonds is 12. The first-order valence-corrected chi connectivity index (χ1v) is 16.5. The maximum atomic E-state index is 11.5. The Kier molecular flexibility index (Phi) is 23.8. The minimum absolute atomic E-state index is 0. The van der Waals surface area contributed by atoms with Crippen LogP contribution in [0.1, 0.15) is 67.2 Å². The Morgan fingerprint density at radius 2 is 1.08 bits per heavy atom. The van der Waals surface area contributed by atoms with Crippen molar-refractivity contribution in [3.63, 3.8) is 0 Å². The summed E-state index contributed by atoms with van der Waals surface area (Å²) in [6.07, 6.45) is 3.95. The van der Waals surface area contributed by atoms with Gasteiger partial charge in [-0.2, -0.15) is 0 Å². The molecule has 0 saturated carbocycles. The van der Waals surface area contributed by atoms with Crippen molar-refractivity contribution in [2.75, 3.05) is 13.2 Å².